The molecule has 9 rings (SSSR count). The third-order valence-corrected chi connectivity index (χ3v) is 8.93. The van der Waals surface area contributed by atoms with Crippen LogP contribution in [0, 0.1) is 0 Å². The molecule has 0 radical (unpaired) electrons. The van der Waals surface area contributed by atoms with Crippen LogP contribution >= 0.6 is 11.3 Å². The summed E-state index contributed by atoms with van der Waals surface area (Å²) in [6.45, 7) is 0. The van der Waals surface area contributed by atoms with Gasteiger partial charge in [0.05, 0.1) is 5.56 Å². The predicted molar refractivity (Wildman–Crippen MR) is 172 cm³/mol. The highest BCUT2D eigenvalue weighted by molar-refractivity contribution is 7.25. The molecule has 0 bridgehead atoms. The summed E-state index contributed by atoms with van der Waals surface area (Å²) in [5.41, 5.74) is 4.03. The second-order valence-corrected chi connectivity index (χ2v) is 11.3. The van der Waals surface area contributed by atoms with E-state index < -0.39 is 0 Å². The van der Waals surface area contributed by atoms with Crippen molar-refractivity contribution in [3.8, 4) is 34.2 Å². The molecule has 0 amide bonds. The van der Waals surface area contributed by atoms with Gasteiger partial charge in [0.25, 0.3) is 0 Å². The molecule has 0 aliphatic rings. The molecule has 0 N–H and O–H groups in total. The molecule has 5 aromatic carbocycles. The number of thiophene rings is 1. The first-order chi connectivity index (χ1) is 20.8. The van der Waals surface area contributed by atoms with Gasteiger partial charge in [0.15, 0.2) is 17.5 Å². The lowest BCUT2D eigenvalue weighted by Gasteiger charge is -2.11. The van der Waals surface area contributed by atoms with E-state index in [9.17, 15) is 0 Å². The Bertz CT molecular complexity index is 2480. The van der Waals surface area contributed by atoms with E-state index in [4.69, 9.17) is 19.4 Å². The van der Waals surface area contributed by atoms with Crippen molar-refractivity contribution < 1.29 is 4.42 Å². The first-order valence-electron chi connectivity index (χ1n) is 13.7. The zero-order chi connectivity index (χ0) is 27.6. The maximum absolute atomic E-state index is 6.44. The highest BCUT2D eigenvalue weighted by atomic mass is 32.1. The van der Waals surface area contributed by atoms with E-state index >= 15 is 0 Å². The molecule has 0 saturated carbocycles. The Morgan fingerprint density at radius 3 is 2.14 bits per heavy atom. The van der Waals surface area contributed by atoms with Crippen LogP contribution in [-0.4, -0.2) is 19.9 Å². The number of aromatic nitrogens is 4. The lowest BCUT2D eigenvalue weighted by Crippen LogP contribution is -2.00. The van der Waals surface area contributed by atoms with Gasteiger partial charge in [-0.1, -0.05) is 84.9 Å². The first kappa shape index (κ1) is 23.3. The molecule has 0 fully saturated rings. The molecule has 0 unspecified atom stereocenters. The molecular weight excluding hydrogens is 536 g/mol. The summed E-state index contributed by atoms with van der Waals surface area (Å²) in [6.07, 6.45) is 1.76. The Hall–Kier alpha value is -5.46. The quantitative estimate of drug-likeness (QED) is 0.217. The lowest BCUT2D eigenvalue weighted by atomic mass is 10.00. The van der Waals surface area contributed by atoms with Gasteiger partial charge in [-0.3, -0.25) is 0 Å². The summed E-state index contributed by atoms with van der Waals surface area (Å²) in [5, 5.41) is 6.53. The van der Waals surface area contributed by atoms with E-state index in [1.807, 2.05) is 36.4 Å². The van der Waals surface area contributed by atoms with Crippen LogP contribution in [0.1, 0.15) is 0 Å². The number of hydrogen-bond donors (Lipinski definition) is 0. The number of benzene rings is 5. The van der Waals surface area contributed by atoms with Gasteiger partial charge >= 0.3 is 0 Å². The molecule has 9 aromatic rings. The Labute approximate surface area is 243 Å². The average Bonchev–Trinajstić information content (AvgIpc) is 3.64. The number of nitrogens with zero attached hydrogens (tertiary/aromatic N) is 4. The zero-order valence-corrected chi connectivity index (χ0v) is 23.0. The third-order valence-electron chi connectivity index (χ3n) is 7.79. The maximum atomic E-state index is 6.44. The van der Waals surface area contributed by atoms with Gasteiger partial charge in [-0.25, -0.2) is 19.9 Å². The van der Waals surface area contributed by atoms with Gasteiger partial charge in [0, 0.05) is 48.3 Å². The van der Waals surface area contributed by atoms with Crippen molar-refractivity contribution in [1.82, 2.24) is 19.9 Å². The fourth-order valence-electron chi connectivity index (χ4n) is 5.92. The highest BCUT2D eigenvalue weighted by Crippen LogP contribution is 2.42. The SMILES string of the molecule is c1ccc(-c2nc(-c3cc4ccccc4c4c3oc3ncccc34)nc(-c3cccc4sc5ccccc5c34)n2)cc1. The second-order valence-electron chi connectivity index (χ2n) is 10.3. The molecule has 0 aliphatic heterocycles. The Morgan fingerprint density at radius 1 is 0.524 bits per heavy atom. The zero-order valence-electron chi connectivity index (χ0n) is 22.2. The summed E-state index contributed by atoms with van der Waals surface area (Å²) < 4.78 is 8.88. The van der Waals surface area contributed by atoms with Gasteiger partial charge < -0.3 is 4.42 Å². The van der Waals surface area contributed by atoms with Crippen LogP contribution in [0.15, 0.2) is 126 Å². The molecule has 4 heterocycles. The molecule has 0 aliphatic carbocycles. The molecule has 0 atom stereocenters. The smallest absolute Gasteiger partial charge is 0.227 e. The van der Waals surface area contributed by atoms with Crippen LogP contribution < -0.4 is 0 Å². The van der Waals surface area contributed by atoms with Crippen LogP contribution in [-0.2, 0) is 0 Å². The van der Waals surface area contributed by atoms with Gasteiger partial charge in [-0.2, -0.15) is 0 Å². The topological polar surface area (TPSA) is 64.7 Å². The van der Waals surface area contributed by atoms with Gasteiger partial charge in [-0.15, -0.1) is 11.3 Å². The van der Waals surface area contributed by atoms with Crippen LogP contribution in [0.2, 0.25) is 0 Å². The molecule has 196 valence electrons. The Kier molecular flexibility index (Phi) is 5.00. The van der Waals surface area contributed by atoms with Crippen molar-refractivity contribution in [2.45, 2.75) is 0 Å². The molecule has 0 spiro atoms. The summed E-state index contributed by atoms with van der Waals surface area (Å²) in [4.78, 5) is 19.8. The maximum Gasteiger partial charge on any atom is 0.227 e. The first-order valence-corrected chi connectivity index (χ1v) is 14.5. The molecular formula is C36H20N4OS. The van der Waals surface area contributed by atoms with E-state index in [2.05, 4.69) is 83.8 Å². The number of fused-ring (bicyclic) bond motifs is 8. The monoisotopic (exact) mass is 556 g/mol. The summed E-state index contributed by atoms with van der Waals surface area (Å²) in [7, 11) is 0. The normalized spacial score (nSPS) is 11.8. The van der Waals surface area contributed by atoms with Crippen molar-refractivity contribution in [1.29, 1.82) is 0 Å². The fourth-order valence-corrected chi connectivity index (χ4v) is 7.05. The van der Waals surface area contributed by atoms with Crippen LogP contribution in [0.3, 0.4) is 0 Å². The summed E-state index contributed by atoms with van der Waals surface area (Å²) in [6, 6.07) is 39.4. The van der Waals surface area contributed by atoms with Gasteiger partial charge in [0.1, 0.15) is 5.58 Å². The molecule has 42 heavy (non-hydrogen) atoms. The largest absolute Gasteiger partial charge is 0.437 e. The molecule has 5 nitrogen and oxygen atoms in total. The number of pyridine rings is 1. The van der Waals surface area contributed by atoms with Crippen LogP contribution in [0.5, 0.6) is 0 Å². The number of hydrogen-bond acceptors (Lipinski definition) is 6. The standard InChI is InChI=1S/C36H20N4OS/c1-2-10-21(11-3-1)33-38-34(25-15-8-18-29-30(25)24-14-6-7-17-28(24)42-29)40-35(39-33)27-20-22-12-4-5-13-23(22)31-26-16-9-19-37-36(26)41-32(27)31/h1-20H. The van der Waals surface area contributed by atoms with Gasteiger partial charge in [0.2, 0.25) is 5.71 Å². The van der Waals surface area contributed by atoms with E-state index in [1.165, 1.54) is 14.8 Å². The molecule has 4 aromatic heterocycles. The predicted octanol–water partition coefficient (Wildman–Crippen LogP) is 9.69. The van der Waals surface area contributed by atoms with E-state index in [1.54, 1.807) is 17.5 Å². The van der Waals surface area contributed by atoms with Crippen molar-refractivity contribution in [3.05, 3.63) is 121 Å². The number of furan rings is 1. The van der Waals surface area contributed by atoms with Crippen LogP contribution in [0.4, 0.5) is 0 Å². The van der Waals surface area contributed by atoms with Crippen molar-refractivity contribution in [2.75, 3.05) is 0 Å². The molecule has 6 heteroatoms. The number of rotatable bonds is 3. The van der Waals surface area contributed by atoms with E-state index in [-0.39, 0.29) is 0 Å². The van der Waals surface area contributed by atoms with Crippen molar-refractivity contribution >= 4 is 64.4 Å². The Balaban J connectivity index is 1.40. The van der Waals surface area contributed by atoms with Gasteiger partial charge in [-0.05, 0) is 41.1 Å². The lowest BCUT2D eigenvalue weighted by molar-refractivity contribution is 0.655. The minimum absolute atomic E-state index is 0.560. The fraction of sp³-hybridized carbons (Fsp3) is 0. The van der Waals surface area contributed by atoms with E-state index in [0.717, 1.165) is 49.2 Å². The highest BCUT2D eigenvalue weighted by Gasteiger charge is 2.21. The Morgan fingerprint density at radius 2 is 1.24 bits per heavy atom. The summed E-state index contributed by atoms with van der Waals surface area (Å²) in [5.74, 6) is 1.80. The average molecular weight is 557 g/mol. The molecule has 0 saturated heterocycles. The van der Waals surface area contributed by atoms with Crippen LogP contribution in [0.25, 0.3) is 87.2 Å². The van der Waals surface area contributed by atoms with E-state index in [0.29, 0.717) is 23.2 Å². The minimum atomic E-state index is 0.560. The van der Waals surface area contributed by atoms with Crippen molar-refractivity contribution in [3.63, 3.8) is 0 Å². The second kappa shape index (κ2) is 9.03. The third kappa shape index (κ3) is 3.49. The minimum Gasteiger partial charge on any atom is -0.437 e. The summed E-state index contributed by atoms with van der Waals surface area (Å²) >= 11 is 1.78. The van der Waals surface area contributed by atoms with Crippen molar-refractivity contribution in [2.24, 2.45) is 0 Å².